The van der Waals surface area contributed by atoms with Gasteiger partial charge in [-0.05, 0) is 38.7 Å². The lowest BCUT2D eigenvalue weighted by Crippen LogP contribution is -2.27. The Labute approximate surface area is 75.1 Å². The van der Waals surface area contributed by atoms with Crippen LogP contribution in [0.4, 0.5) is 0 Å². The third-order valence-electron chi connectivity index (χ3n) is 2.51. The highest BCUT2D eigenvalue weighted by atomic mass is 16.5. The zero-order valence-electron chi connectivity index (χ0n) is 8.10. The Morgan fingerprint density at radius 3 is 2.92 bits per heavy atom. The molecule has 0 fully saturated rings. The topological polar surface area (TPSA) is 9.23 Å². The fraction of sp³-hybridized carbons (Fsp3) is 0.636. The van der Waals surface area contributed by atoms with Crippen molar-refractivity contribution in [2.75, 3.05) is 6.61 Å². The molecule has 1 aliphatic carbocycles. The van der Waals surface area contributed by atoms with E-state index in [-0.39, 0.29) is 5.60 Å². The summed E-state index contributed by atoms with van der Waals surface area (Å²) in [6.07, 6.45) is 7.84. The highest BCUT2D eigenvalue weighted by Crippen LogP contribution is 2.31. The third kappa shape index (κ3) is 1.78. The van der Waals surface area contributed by atoms with Gasteiger partial charge in [0.1, 0.15) is 5.60 Å². The van der Waals surface area contributed by atoms with Crippen molar-refractivity contribution in [2.24, 2.45) is 0 Å². The summed E-state index contributed by atoms with van der Waals surface area (Å²) in [6, 6.07) is 0. The Balaban J connectivity index is 2.70. The first-order valence-corrected chi connectivity index (χ1v) is 4.70. The smallest absolute Gasteiger partial charge is 0.104 e. The van der Waals surface area contributed by atoms with E-state index in [0.29, 0.717) is 0 Å². The Morgan fingerprint density at radius 1 is 1.75 bits per heavy atom. The summed E-state index contributed by atoms with van der Waals surface area (Å²) in [5.41, 5.74) is 1.20. The van der Waals surface area contributed by atoms with Crippen molar-refractivity contribution in [1.82, 2.24) is 0 Å². The van der Waals surface area contributed by atoms with Crippen LogP contribution in [0.1, 0.15) is 33.1 Å². The molecule has 0 bridgehead atoms. The van der Waals surface area contributed by atoms with E-state index in [2.05, 4.69) is 19.6 Å². The molecule has 0 aromatic carbocycles. The van der Waals surface area contributed by atoms with Gasteiger partial charge in [0.15, 0.2) is 0 Å². The molecular formula is C11H18O. The maximum atomic E-state index is 5.68. The second-order valence-electron chi connectivity index (χ2n) is 3.37. The largest absolute Gasteiger partial charge is 0.367 e. The quantitative estimate of drug-likeness (QED) is 0.583. The van der Waals surface area contributed by atoms with Crippen LogP contribution in [-0.4, -0.2) is 12.2 Å². The van der Waals surface area contributed by atoms with E-state index in [4.69, 9.17) is 4.74 Å². The standard InChI is InChI=1S/C11H18O/c1-4-11(3,12-5-2)10-8-6-7-9-10/h4,8H,1,5-7,9H2,2-3H3. The minimum Gasteiger partial charge on any atom is -0.367 e. The summed E-state index contributed by atoms with van der Waals surface area (Å²) in [6.45, 7) is 8.70. The normalized spacial score (nSPS) is 21.7. The van der Waals surface area contributed by atoms with E-state index in [1.807, 2.05) is 13.0 Å². The molecule has 0 amide bonds. The van der Waals surface area contributed by atoms with Gasteiger partial charge in [-0.3, -0.25) is 0 Å². The van der Waals surface area contributed by atoms with Gasteiger partial charge in [-0.15, -0.1) is 0 Å². The lowest BCUT2D eigenvalue weighted by molar-refractivity contribution is 0.0405. The van der Waals surface area contributed by atoms with Gasteiger partial charge in [-0.2, -0.15) is 0 Å². The van der Waals surface area contributed by atoms with Crippen LogP contribution in [0.25, 0.3) is 0 Å². The summed E-state index contributed by atoms with van der Waals surface area (Å²) in [4.78, 5) is 0. The van der Waals surface area contributed by atoms with Crippen LogP contribution in [0.5, 0.6) is 0 Å². The predicted octanol–water partition coefficient (Wildman–Crippen LogP) is 3.08. The van der Waals surface area contributed by atoms with Gasteiger partial charge in [-0.1, -0.05) is 18.7 Å². The van der Waals surface area contributed by atoms with Crippen molar-refractivity contribution in [1.29, 1.82) is 0 Å². The first kappa shape index (κ1) is 9.53. The van der Waals surface area contributed by atoms with E-state index in [9.17, 15) is 0 Å². The zero-order valence-corrected chi connectivity index (χ0v) is 8.10. The lowest BCUT2D eigenvalue weighted by atomic mass is 9.95. The molecule has 0 N–H and O–H groups in total. The molecule has 0 spiro atoms. The second kappa shape index (κ2) is 3.90. The molecule has 0 saturated heterocycles. The Morgan fingerprint density at radius 2 is 2.50 bits per heavy atom. The first-order chi connectivity index (χ1) is 5.73. The molecule has 0 aliphatic heterocycles. The molecule has 1 nitrogen and oxygen atoms in total. The van der Waals surface area contributed by atoms with Crippen molar-refractivity contribution in [3.63, 3.8) is 0 Å². The van der Waals surface area contributed by atoms with Crippen molar-refractivity contribution in [3.8, 4) is 0 Å². The molecule has 1 atom stereocenters. The summed E-state index contributed by atoms with van der Waals surface area (Å²) in [5, 5.41) is 0. The minimum absolute atomic E-state index is 0.203. The molecule has 12 heavy (non-hydrogen) atoms. The molecule has 1 aliphatic rings. The Bertz CT molecular complexity index is 193. The van der Waals surface area contributed by atoms with Crippen molar-refractivity contribution < 1.29 is 4.74 Å². The highest BCUT2D eigenvalue weighted by molar-refractivity contribution is 5.25. The van der Waals surface area contributed by atoms with E-state index in [1.54, 1.807) is 0 Å². The number of ether oxygens (including phenoxy) is 1. The molecule has 0 radical (unpaired) electrons. The van der Waals surface area contributed by atoms with Crippen LogP contribution in [-0.2, 0) is 4.74 Å². The molecule has 1 heteroatoms. The maximum absolute atomic E-state index is 5.68. The van der Waals surface area contributed by atoms with E-state index >= 15 is 0 Å². The summed E-state index contributed by atoms with van der Waals surface area (Å²) in [5.74, 6) is 0. The molecule has 0 aromatic rings. The van der Waals surface area contributed by atoms with Crippen molar-refractivity contribution in [2.45, 2.75) is 38.7 Å². The number of hydrogen-bond acceptors (Lipinski definition) is 1. The van der Waals surface area contributed by atoms with Crippen molar-refractivity contribution in [3.05, 3.63) is 24.3 Å². The second-order valence-corrected chi connectivity index (χ2v) is 3.37. The summed E-state index contributed by atoms with van der Waals surface area (Å²) >= 11 is 0. The molecule has 68 valence electrons. The predicted molar refractivity (Wildman–Crippen MR) is 52.2 cm³/mol. The van der Waals surface area contributed by atoms with Gasteiger partial charge >= 0.3 is 0 Å². The van der Waals surface area contributed by atoms with Crippen LogP contribution >= 0.6 is 0 Å². The van der Waals surface area contributed by atoms with E-state index < -0.39 is 0 Å². The van der Waals surface area contributed by atoms with Crippen LogP contribution < -0.4 is 0 Å². The van der Waals surface area contributed by atoms with Gasteiger partial charge in [0, 0.05) is 6.61 Å². The zero-order chi connectivity index (χ0) is 9.03. The third-order valence-corrected chi connectivity index (χ3v) is 2.51. The molecule has 1 rings (SSSR count). The molecule has 0 aromatic heterocycles. The SMILES string of the molecule is C=CC(C)(OCC)C1=CCCC1. The van der Waals surface area contributed by atoms with Gasteiger partial charge in [-0.25, -0.2) is 0 Å². The lowest BCUT2D eigenvalue weighted by Gasteiger charge is -2.27. The fourth-order valence-electron chi connectivity index (χ4n) is 1.70. The average Bonchev–Trinajstić information content (AvgIpc) is 2.57. The summed E-state index contributed by atoms with van der Waals surface area (Å²) in [7, 11) is 0. The van der Waals surface area contributed by atoms with Gasteiger partial charge in [0.25, 0.3) is 0 Å². The van der Waals surface area contributed by atoms with Crippen LogP contribution in [0.3, 0.4) is 0 Å². The highest BCUT2D eigenvalue weighted by Gasteiger charge is 2.26. The van der Waals surface area contributed by atoms with Crippen molar-refractivity contribution >= 4 is 0 Å². The molecule has 0 heterocycles. The monoisotopic (exact) mass is 166 g/mol. The van der Waals surface area contributed by atoms with Gasteiger partial charge < -0.3 is 4.74 Å². The van der Waals surface area contributed by atoms with Crippen LogP contribution in [0.2, 0.25) is 0 Å². The molecular weight excluding hydrogens is 148 g/mol. The van der Waals surface area contributed by atoms with Crippen LogP contribution in [0, 0.1) is 0 Å². The van der Waals surface area contributed by atoms with E-state index in [1.165, 1.54) is 24.8 Å². The van der Waals surface area contributed by atoms with Gasteiger partial charge in [0.05, 0.1) is 0 Å². The van der Waals surface area contributed by atoms with Gasteiger partial charge in [0.2, 0.25) is 0 Å². The van der Waals surface area contributed by atoms with Crippen LogP contribution in [0.15, 0.2) is 24.3 Å². The maximum Gasteiger partial charge on any atom is 0.104 e. The minimum atomic E-state index is -0.203. The number of rotatable bonds is 4. The summed E-state index contributed by atoms with van der Waals surface area (Å²) < 4.78 is 5.68. The first-order valence-electron chi connectivity index (χ1n) is 4.70. The van der Waals surface area contributed by atoms with E-state index in [0.717, 1.165) is 6.61 Å². The fourth-order valence-corrected chi connectivity index (χ4v) is 1.70. The average molecular weight is 166 g/mol. The molecule has 1 unspecified atom stereocenters. The number of hydrogen-bond donors (Lipinski definition) is 0. The Hall–Kier alpha value is -0.560. The Kier molecular flexibility index (Phi) is 3.10. The number of allylic oxidation sites excluding steroid dienone is 1. The molecule has 0 saturated carbocycles.